The lowest BCUT2D eigenvalue weighted by Gasteiger charge is -2.19. The van der Waals surface area contributed by atoms with Crippen molar-refractivity contribution in [2.24, 2.45) is 0 Å². The maximum atomic E-state index is 12.7. The van der Waals surface area contributed by atoms with Crippen LogP contribution in [0.15, 0.2) is 51.7 Å². The smallest absolute Gasteiger partial charge is 0.407 e. The Bertz CT molecular complexity index is 1240. The van der Waals surface area contributed by atoms with Crippen LogP contribution in [0.2, 0.25) is 0 Å². The Hall–Kier alpha value is -3.61. The summed E-state index contributed by atoms with van der Waals surface area (Å²) in [5.74, 6) is -0.0799. The van der Waals surface area contributed by atoms with Crippen LogP contribution in [-0.4, -0.2) is 24.2 Å². The fraction of sp³-hybridized carbons (Fsp3) is 0.370. The van der Waals surface area contributed by atoms with Gasteiger partial charge in [-0.2, -0.15) is 0 Å². The topological polar surface area (TPSA) is 94.8 Å². The van der Waals surface area contributed by atoms with Crippen LogP contribution in [0.1, 0.15) is 55.9 Å². The lowest BCUT2D eigenvalue weighted by Crippen LogP contribution is -2.33. The summed E-state index contributed by atoms with van der Waals surface area (Å²) in [5.41, 5.74) is 2.45. The zero-order valence-corrected chi connectivity index (χ0v) is 20.3. The normalized spacial score (nSPS) is 11.3. The Morgan fingerprint density at radius 3 is 2.44 bits per heavy atom. The third kappa shape index (κ3) is 6.70. The van der Waals surface area contributed by atoms with Crippen LogP contribution in [0.3, 0.4) is 0 Å². The standard InChI is InChI=1S/C27H31NO6/c1-17-14-21(32-23(29)12-9-13-28-26(31)34-27(3,4)5)24-18(2)20(25(30)33-22(24)15-17)16-19-10-7-6-8-11-19/h6-8,10-11,14-15H,9,12-13,16H2,1-5H3,(H,28,31). The number of aryl methyl sites for hydroxylation is 2. The molecule has 0 aliphatic heterocycles. The molecule has 0 saturated heterocycles. The fourth-order valence-electron chi connectivity index (χ4n) is 3.63. The summed E-state index contributed by atoms with van der Waals surface area (Å²) in [6, 6.07) is 13.2. The monoisotopic (exact) mass is 465 g/mol. The second kappa shape index (κ2) is 10.5. The van der Waals surface area contributed by atoms with E-state index in [1.54, 1.807) is 32.9 Å². The quantitative estimate of drug-likeness (QED) is 0.223. The predicted molar refractivity (Wildman–Crippen MR) is 130 cm³/mol. The Labute approximate surface area is 199 Å². The number of amides is 1. The van der Waals surface area contributed by atoms with Crippen LogP contribution in [0.25, 0.3) is 11.0 Å². The molecular weight excluding hydrogens is 434 g/mol. The van der Waals surface area contributed by atoms with Crippen LogP contribution in [-0.2, 0) is 16.0 Å². The number of rotatable bonds is 7. The summed E-state index contributed by atoms with van der Waals surface area (Å²) < 4.78 is 16.5. The molecule has 0 saturated carbocycles. The van der Waals surface area contributed by atoms with E-state index in [0.29, 0.717) is 35.1 Å². The van der Waals surface area contributed by atoms with Gasteiger partial charge in [-0.15, -0.1) is 0 Å². The molecule has 1 N–H and O–H groups in total. The van der Waals surface area contributed by atoms with Gasteiger partial charge in [0.2, 0.25) is 0 Å². The second-order valence-electron chi connectivity index (χ2n) is 9.30. The first-order valence-corrected chi connectivity index (χ1v) is 11.3. The summed E-state index contributed by atoms with van der Waals surface area (Å²) in [6.45, 7) is 9.32. The molecule has 1 amide bonds. The van der Waals surface area contributed by atoms with E-state index >= 15 is 0 Å². The minimum Gasteiger partial charge on any atom is -0.444 e. The fourth-order valence-corrected chi connectivity index (χ4v) is 3.63. The minimum absolute atomic E-state index is 0.109. The Morgan fingerprint density at radius 2 is 1.76 bits per heavy atom. The van der Waals surface area contributed by atoms with E-state index in [0.717, 1.165) is 16.7 Å². The Kier molecular flexibility index (Phi) is 7.76. The van der Waals surface area contributed by atoms with Gasteiger partial charge >= 0.3 is 17.7 Å². The first-order chi connectivity index (χ1) is 16.0. The summed E-state index contributed by atoms with van der Waals surface area (Å²) in [4.78, 5) is 37.0. The van der Waals surface area contributed by atoms with Crippen LogP contribution >= 0.6 is 0 Å². The Morgan fingerprint density at radius 1 is 1.06 bits per heavy atom. The van der Waals surface area contributed by atoms with E-state index in [2.05, 4.69) is 5.32 Å². The molecule has 3 rings (SSSR count). The van der Waals surface area contributed by atoms with E-state index in [-0.39, 0.29) is 13.0 Å². The molecule has 0 atom stereocenters. The van der Waals surface area contributed by atoms with E-state index in [1.165, 1.54) is 0 Å². The summed E-state index contributed by atoms with van der Waals surface area (Å²) >= 11 is 0. The maximum Gasteiger partial charge on any atom is 0.407 e. The van der Waals surface area contributed by atoms with Crippen LogP contribution in [0.4, 0.5) is 4.79 Å². The summed E-state index contributed by atoms with van der Waals surface area (Å²) in [5, 5.41) is 3.23. The van der Waals surface area contributed by atoms with E-state index in [4.69, 9.17) is 13.9 Å². The van der Waals surface area contributed by atoms with Crippen molar-refractivity contribution in [3.63, 3.8) is 0 Å². The molecular formula is C27H31NO6. The number of esters is 1. The van der Waals surface area contributed by atoms with Gasteiger partial charge in [-0.3, -0.25) is 4.79 Å². The largest absolute Gasteiger partial charge is 0.444 e. The lowest BCUT2D eigenvalue weighted by atomic mass is 9.98. The molecule has 0 bridgehead atoms. The molecule has 180 valence electrons. The number of carbonyl (C=O) groups excluding carboxylic acids is 2. The molecule has 0 unspecified atom stereocenters. The van der Waals surface area contributed by atoms with Crippen molar-refractivity contribution < 1.29 is 23.5 Å². The molecule has 0 radical (unpaired) electrons. The number of nitrogens with one attached hydrogen (secondary N) is 1. The first-order valence-electron chi connectivity index (χ1n) is 11.3. The van der Waals surface area contributed by atoms with Crippen molar-refractivity contribution in [2.75, 3.05) is 6.54 Å². The Balaban J connectivity index is 1.75. The summed E-state index contributed by atoms with van der Waals surface area (Å²) in [7, 11) is 0. The molecule has 1 aromatic heterocycles. The number of hydrogen-bond acceptors (Lipinski definition) is 6. The molecule has 2 aromatic carbocycles. The highest BCUT2D eigenvalue weighted by Crippen LogP contribution is 2.32. The zero-order chi connectivity index (χ0) is 24.9. The van der Waals surface area contributed by atoms with Gasteiger partial charge in [0, 0.05) is 24.9 Å². The first kappa shape index (κ1) is 25.0. The van der Waals surface area contributed by atoms with Gasteiger partial charge in [-0.1, -0.05) is 30.3 Å². The molecule has 0 fully saturated rings. The lowest BCUT2D eigenvalue weighted by molar-refractivity contribution is -0.134. The number of carbonyl (C=O) groups is 2. The number of alkyl carbamates (subject to hydrolysis) is 1. The number of hydrogen-bond donors (Lipinski definition) is 1. The van der Waals surface area contributed by atoms with Crippen molar-refractivity contribution in [1.82, 2.24) is 5.32 Å². The van der Waals surface area contributed by atoms with E-state index in [1.807, 2.05) is 44.2 Å². The molecule has 1 heterocycles. The highest BCUT2D eigenvalue weighted by atomic mass is 16.6. The van der Waals surface area contributed by atoms with E-state index in [9.17, 15) is 14.4 Å². The number of fused-ring (bicyclic) bond motifs is 1. The van der Waals surface area contributed by atoms with Crippen molar-refractivity contribution in [3.8, 4) is 5.75 Å². The van der Waals surface area contributed by atoms with Crippen LogP contribution in [0, 0.1) is 13.8 Å². The van der Waals surface area contributed by atoms with Crippen molar-refractivity contribution in [2.45, 2.75) is 59.5 Å². The van der Waals surface area contributed by atoms with Crippen molar-refractivity contribution >= 4 is 23.0 Å². The zero-order valence-electron chi connectivity index (χ0n) is 20.3. The van der Waals surface area contributed by atoms with Gasteiger partial charge in [-0.25, -0.2) is 9.59 Å². The molecule has 7 nitrogen and oxygen atoms in total. The van der Waals surface area contributed by atoms with Gasteiger partial charge in [0.1, 0.15) is 16.9 Å². The average molecular weight is 466 g/mol. The number of ether oxygens (including phenoxy) is 2. The SMILES string of the molecule is Cc1cc(OC(=O)CCCNC(=O)OC(C)(C)C)c2c(C)c(Cc3ccccc3)c(=O)oc2c1. The number of benzene rings is 2. The van der Waals surface area contributed by atoms with Crippen molar-refractivity contribution in [3.05, 3.63) is 75.1 Å². The van der Waals surface area contributed by atoms with Crippen LogP contribution in [0.5, 0.6) is 5.75 Å². The maximum absolute atomic E-state index is 12.7. The van der Waals surface area contributed by atoms with Crippen LogP contribution < -0.4 is 15.7 Å². The predicted octanol–water partition coefficient (Wildman–Crippen LogP) is 5.21. The van der Waals surface area contributed by atoms with Gasteiger partial charge in [0.15, 0.2) is 0 Å². The molecule has 34 heavy (non-hydrogen) atoms. The average Bonchev–Trinajstić information content (AvgIpc) is 2.73. The minimum atomic E-state index is -0.582. The second-order valence-corrected chi connectivity index (χ2v) is 9.30. The molecule has 0 aliphatic rings. The molecule has 7 heteroatoms. The van der Waals surface area contributed by atoms with Crippen molar-refractivity contribution in [1.29, 1.82) is 0 Å². The molecule has 0 spiro atoms. The highest BCUT2D eigenvalue weighted by Gasteiger charge is 2.19. The van der Waals surface area contributed by atoms with Gasteiger partial charge in [-0.05, 0) is 69.9 Å². The summed E-state index contributed by atoms with van der Waals surface area (Å²) in [6.07, 6.45) is 0.400. The molecule has 0 aliphatic carbocycles. The van der Waals surface area contributed by atoms with Gasteiger partial charge < -0.3 is 19.2 Å². The van der Waals surface area contributed by atoms with E-state index < -0.39 is 23.3 Å². The highest BCUT2D eigenvalue weighted by molar-refractivity contribution is 5.90. The third-order valence-corrected chi connectivity index (χ3v) is 5.16. The molecule has 3 aromatic rings. The third-order valence-electron chi connectivity index (χ3n) is 5.16. The van der Waals surface area contributed by atoms with Gasteiger partial charge in [0.05, 0.1) is 5.39 Å². The van der Waals surface area contributed by atoms with Gasteiger partial charge in [0.25, 0.3) is 0 Å².